The maximum atomic E-state index is 4.44. The number of nitrogens with zero attached hydrogens (tertiary/aromatic N) is 1. The lowest BCUT2D eigenvalue weighted by molar-refractivity contribution is 0.303. The molecule has 90 valence electrons. The van der Waals surface area contributed by atoms with Crippen LogP contribution in [-0.2, 0) is 5.54 Å². The summed E-state index contributed by atoms with van der Waals surface area (Å²) in [6.07, 6.45) is 7.27. The second-order valence-electron chi connectivity index (χ2n) is 5.34. The Hall–Kier alpha value is -0.410. The Morgan fingerprint density at radius 3 is 2.81 bits per heavy atom. The molecule has 0 spiro atoms. The molecule has 0 amide bonds. The molecule has 0 radical (unpaired) electrons. The summed E-state index contributed by atoms with van der Waals surface area (Å²) in [6.45, 7) is 6.77. The van der Waals surface area contributed by atoms with Crippen molar-refractivity contribution in [2.75, 3.05) is 0 Å². The monoisotopic (exact) mass is 238 g/mol. The van der Waals surface area contributed by atoms with E-state index in [9.17, 15) is 0 Å². The maximum Gasteiger partial charge on any atom is 0.112 e. The summed E-state index contributed by atoms with van der Waals surface area (Å²) in [7, 11) is 0. The summed E-state index contributed by atoms with van der Waals surface area (Å²) in [6, 6.07) is 0.684. The largest absolute Gasteiger partial charge is 0.303 e. The van der Waals surface area contributed by atoms with Crippen molar-refractivity contribution in [3.05, 3.63) is 16.6 Å². The molecule has 0 bridgehead atoms. The highest BCUT2D eigenvalue weighted by Gasteiger charge is 2.35. The predicted octanol–water partition coefficient (Wildman–Crippen LogP) is 3.55. The van der Waals surface area contributed by atoms with E-state index in [0.29, 0.717) is 6.04 Å². The zero-order valence-corrected chi connectivity index (χ0v) is 11.3. The van der Waals surface area contributed by atoms with E-state index >= 15 is 0 Å². The van der Waals surface area contributed by atoms with Gasteiger partial charge in [-0.3, -0.25) is 0 Å². The van der Waals surface area contributed by atoms with Gasteiger partial charge in [0.1, 0.15) is 5.01 Å². The van der Waals surface area contributed by atoms with E-state index in [1.807, 2.05) is 6.20 Å². The van der Waals surface area contributed by atoms with E-state index in [2.05, 4.69) is 36.5 Å². The Bertz CT molecular complexity index is 315. The highest BCUT2D eigenvalue weighted by atomic mass is 32.1. The minimum absolute atomic E-state index is 0.0244. The third-order valence-electron chi connectivity index (χ3n) is 3.30. The van der Waals surface area contributed by atoms with E-state index in [-0.39, 0.29) is 5.54 Å². The summed E-state index contributed by atoms with van der Waals surface area (Å²) in [5, 5.41) is 7.07. The Morgan fingerprint density at radius 1 is 1.56 bits per heavy atom. The molecule has 1 aromatic heterocycles. The second-order valence-corrected chi connectivity index (χ2v) is 6.23. The fraction of sp³-hybridized carbons (Fsp3) is 0.769. The minimum Gasteiger partial charge on any atom is -0.303 e. The quantitative estimate of drug-likeness (QED) is 0.820. The molecule has 1 aromatic rings. The predicted molar refractivity (Wildman–Crippen MR) is 69.7 cm³/mol. The maximum absolute atomic E-state index is 4.44. The van der Waals surface area contributed by atoms with E-state index in [1.54, 1.807) is 11.3 Å². The van der Waals surface area contributed by atoms with Crippen LogP contribution in [0.3, 0.4) is 0 Å². The normalized spacial score (nSPS) is 18.7. The fourth-order valence-electron chi connectivity index (χ4n) is 2.29. The van der Waals surface area contributed by atoms with Crippen molar-refractivity contribution >= 4 is 11.3 Å². The number of thiazole rings is 1. The molecule has 1 aliphatic rings. The molecular formula is C13H22N2S. The van der Waals surface area contributed by atoms with Gasteiger partial charge in [0.25, 0.3) is 0 Å². The number of rotatable bonds is 6. The first-order chi connectivity index (χ1) is 7.63. The highest BCUT2D eigenvalue weighted by Crippen LogP contribution is 2.36. The molecule has 1 atom stereocenters. The minimum atomic E-state index is 0.0244. The van der Waals surface area contributed by atoms with Gasteiger partial charge in [-0.05, 0) is 39.0 Å². The zero-order chi connectivity index (χ0) is 11.6. The Kier molecular flexibility index (Phi) is 3.65. The Labute approximate surface area is 102 Å². The molecular weight excluding hydrogens is 216 g/mol. The molecule has 0 aliphatic heterocycles. The molecule has 1 heterocycles. The molecule has 1 unspecified atom stereocenters. The second kappa shape index (κ2) is 4.84. The molecule has 1 aliphatic carbocycles. The lowest BCUT2D eigenvalue weighted by Gasteiger charge is -2.30. The van der Waals surface area contributed by atoms with Crippen LogP contribution in [-0.4, -0.2) is 11.0 Å². The number of hydrogen-bond donors (Lipinski definition) is 1. The topological polar surface area (TPSA) is 24.9 Å². The van der Waals surface area contributed by atoms with E-state index in [4.69, 9.17) is 0 Å². The average Bonchev–Trinajstić information content (AvgIpc) is 2.91. The van der Waals surface area contributed by atoms with Crippen LogP contribution in [0, 0.1) is 5.92 Å². The molecule has 16 heavy (non-hydrogen) atoms. The van der Waals surface area contributed by atoms with Gasteiger partial charge in [0, 0.05) is 17.6 Å². The lowest BCUT2D eigenvalue weighted by atomic mass is 10.00. The van der Waals surface area contributed by atoms with Crippen molar-refractivity contribution in [2.24, 2.45) is 5.92 Å². The average molecular weight is 238 g/mol. The third kappa shape index (κ3) is 2.83. The van der Waals surface area contributed by atoms with Gasteiger partial charge in [-0.1, -0.05) is 13.3 Å². The zero-order valence-electron chi connectivity index (χ0n) is 10.5. The summed E-state index contributed by atoms with van der Waals surface area (Å²) in [4.78, 5) is 4.44. The first-order valence-electron chi connectivity index (χ1n) is 6.31. The molecule has 1 fully saturated rings. The van der Waals surface area contributed by atoms with Gasteiger partial charge >= 0.3 is 0 Å². The SMILES string of the molecule is CCCC(NC(C)(C)c1nccs1)C1CC1. The van der Waals surface area contributed by atoms with Crippen molar-refractivity contribution < 1.29 is 0 Å². The van der Waals surface area contributed by atoms with Gasteiger partial charge in [-0.2, -0.15) is 0 Å². The third-order valence-corrected chi connectivity index (χ3v) is 4.40. The van der Waals surface area contributed by atoms with Crippen LogP contribution in [0.2, 0.25) is 0 Å². The van der Waals surface area contributed by atoms with Gasteiger partial charge < -0.3 is 5.32 Å². The van der Waals surface area contributed by atoms with E-state index < -0.39 is 0 Å². The lowest BCUT2D eigenvalue weighted by Crippen LogP contribution is -2.44. The van der Waals surface area contributed by atoms with Gasteiger partial charge in [0.2, 0.25) is 0 Å². The van der Waals surface area contributed by atoms with Crippen molar-refractivity contribution in [2.45, 2.75) is 58.0 Å². The van der Waals surface area contributed by atoms with Crippen LogP contribution >= 0.6 is 11.3 Å². The first kappa shape index (κ1) is 12.1. The van der Waals surface area contributed by atoms with E-state index in [1.165, 1.54) is 30.7 Å². The Balaban J connectivity index is 2.00. The van der Waals surface area contributed by atoms with Crippen molar-refractivity contribution in [3.63, 3.8) is 0 Å². The summed E-state index contributed by atoms with van der Waals surface area (Å²) in [5.41, 5.74) is 0.0244. The summed E-state index contributed by atoms with van der Waals surface area (Å²) in [5.74, 6) is 0.916. The highest BCUT2D eigenvalue weighted by molar-refractivity contribution is 7.09. The van der Waals surface area contributed by atoms with E-state index in [0.717, 1.165) is 5.92 Å². The van der Waals surface area contributed by atoms with Gasteiger partial charge in [0.05, 0.1) is 5.54 Å². The number of nitrogens with one attached hydrogen (secondary N) is 1. The van der Waals surface area contributed by atoms with Crippen molar-refractivity contribution in [1.29, 1.82) is 0 Å². The molecule has 0 aromatic carbocycles. The van der Waals surface area contributed by atoms with Crippen LogP contribution in [0.5, 0.6) is 0 Å². The number of aromatic nitrogens is 1. The Morgan fingerprint density at radius 2 is 2.31 bits per heavy atom. The van der Waals surface area contributed by atoms with Crippen molar-refractivity contribution in [3.8, 4) is 0 Å². The smallest absolute Gasteiger partial charge is 0.112 e. The summed E-state index contributed by atoms with van der Waals surface area (Å²) >= 11 is 1.75. The van der Waals surface area contributed by atoms with Gasteiger partial charge in [-0.15, -0.1) is 11.3 Å². The van der Waals surface area contributed by atoms with Crippen LogP contribution < -0.4 is 5.32 Å². The summed E-state index contributed by atoms with van der Waals surface area (Å²) < 4.78 is 0. The van der Waals surface area contributed by atoms with Crippen molar-refractivity contribution in [1.82, 2.24) is 10.3 Å². The van der Waals surface area contributed by atoms with Crippen LogP contribution in [0.1, 0.15) is 51.5 Å². The molecule has 2 rings (SSSR count). The molecule has 2 nitrogen and oxygen atoms in total. The standard InChI is InChI=1S/C13H22N2S/c1-4-5-11(10-6-7-10)15-13(2,3)12-14-8-9-16-12/h8-11,15H,4-7H2,1-3H3. The van der Waals surface area contributed by atoms with Crippen LogP contribution in [0.4, 0.5) is 0 Å². The molecule has 1 saturated carbocycles. The molecule has 1 N–H and O–H groups in total. The molecule has 3 heteroatoms. The van der Waals surface area contributed by atoms with Crippen LogP contribution in [0.15, 0.2) is 11.6 Å². The molecule has 0 saturated heterocycles. The number of hydrogen-bond acceptors (Lipinski definition) is 3. The van der Waals surface area contributed by atoms with Gasteiger partial charge in [0.15, 0.2) is 0 Å². The fourth-order valence-corrected chi connectivity index (χ4v) is 3.02. The van der Waals surface area contributed by atoms with Crippen LogP contribution in [0.25, 0.3) is 0 Å². The van der Waals surface area contributed by atoms with Gasteiger partial charge in [-0.25, -0.2) is 4.98 Å². The first-order valence-corrected chi connectivity index (χ1v) is 7.19.